The fourth-order valence-electron chi connectivity index (χ4n) is 4.98. The summed E-state index contributed by atoms with van der Waals surface area (Å²) in [5.41, 5.74) is 15.0. The van der Waals surface area contributed by atoms with Gasteiger partial charge in [-0.25, -0.2) is 0 Å². The molecule has 1 aliphatic carbocycles. The number of nitrogens with zero attached hydrogens (tertiary/aromatic N) is 1. The number of carbonyl (C=O) groups excluding carboxylic acids is 2. The Hall–Kier alpha value is -3.39. The van der Waals surface area contributed by atoms with E-state index in [0.717, 1.165) is 36.9 Å². The minimum absolute atomic E-state index is 0.181. The summed E-state index contributed by atoms with van der Waals surface area (Å²) in [6.45, 7) is 9.66. The predicted octanol–water partition coefficient (Wildman–Crippen LogP) is 4.78. The van der Waals surface area contributed by atoms with Crippen LogP contribution in [0.25, 0.3) is 5.76 Å². The van der Waals surface area contributed by atoms with Gasteiger partial charge >= 0.3 is 0 Å². The van der Waals surface area contributed by atoms with Crippen LogP contribution in [0.15, 0.2) is 42.2 Å². The third-order valence-corrected chi connectivity index (χ3v) is 7.16. The van der Waals surface area contributed by atoms with E-state index < -0.39 is 5.91 Å². The van der Waals surface area contributed by atoms with E-state index in [9.17, 15) is 9.90 Å². The lowest BCUT2D eigenvalue weighted by Crippen LogP contribution is -2.31. The van der Waals surface area contributed by atoms with Crippen molar-refractivity contribution in [2.45, 2.75) is 79.1 Å². The van der Waals surface area contributed by atoms with Crippen molar-refractivity contribution >= 4 is 18.1 Å². The van der Waals surface area contributed by atoms with Crippen LogP contribution < -0.4 is 22.1 Å². The van der Waals surface area contributed by atoms with E-state index >= 15 is 0 Å². The molecule has 222 valence electrons. The Morgan fingerprint density at radius 2 is 1.75 bits per heavy atom. The standard InChI is InChI=1S/C29H42N4O2.C2H6.CH3NO/c1-20-10-12-22(13-11-20)17-23-18-25(16-21(2)24-8-5-4-6-9-24)27(33-19-23)28(34)26(30)29(35)32-15-7-14-31-3;1-2;2-1-3/h10-13,18-19,21,24,31,34H,4-9,14-17,30H2,1-3H3,(H,32,35);1-2H3;1H,(H2,2,3)/b28-26+;;. The quantitative estimate of drug-likeness (QED) is 0.117. The number of pyridine rings is 1. The molecule has 1 heterocycles. The van der Waals surface area contributed by atoms with Crippen LogP contribution >= 0.6 is 0 Å². The van der Waals surface area contributed by atoms with E-state index in [4.69, 9.17) is 10.5 Å². The van der Waals surface area contributed by atoms with Crippen LogP contribution in [0.4, 0.5) is 0 Å². The Bertz CT molecular complexity index is 1050. The first-order chi connectivity index (χ1) is 19.3. The fourth-order valence-corrected chi connectivity index (χ4v) is 4.98. The molecule has 8 nitrogen and oxygen atoms in total. The first-order valence-electron chi connectivity index (χ1n) is 14.6. The second-order valence-electron chi connectivity index (χ2n) is 10.2. The van der Waals surface area contributed by atoms with E-state index in [0.29, 0.717) is 24.1 Å². The van der Waals surface area contributed by atoms with Crippen molar-refractivity contribution in [1.82, 2.24) is 15.6 Å². The highest BCUT2D eigenvalue weighted by molar-refractivity contribution is 5.98. The van der Waals surface area contributed by atoms with Crippen molar-refractivity contribution in [1.29, 1.82) is 0 Å². The van der Waals surface area contributed by atoms with Gasteiger partial charge in [-0.05, 0) is 68.3 Å². The number of nitrogens with two attached hydrogens (primary N) is 2. The lowest BCUT2D eigenvalue weighted by atomic mass is 9.78. The number of aliphatic hydroxyl groups excluding tert-OH is 1. The number of benzene rings is 1. The van der Waals surface area contributed by atoms with E-state index in [-0.39, 0.29) is 17.9 Å². The van der Waals surface area contributed by atoms with Gasteiger partial charge in [0, 0.05) is 12.7 Å². The molecule has 2 amide bonds. The first-order valence-corrected chi connectivity index (χ1v) is 14.6. The number of hydrogen-bond donors (Lipinski definition) is 5. The zero-order chi connectivity index (χ0) is 29.9. The van der Waals surface area contributed by atoms with E-state index in [1.807, 2.05) is 20.9 Å². The largest absolute Gasteiger partial charge is 0.504 e. The SMILES string of the molecule is CC.CNCCCNC(=O)/C(N)=C(\O)c1ncc(Cc2ccc(C)cc2)cc1CC(C)C1CCCCC1.NC=O. The number of aryl methyl sites for hydroxylation is 1. The smallest absolute Gasteiger partial charge is 0.271 e. The normalized spacial score (nSPS) is 14.4. The molecule has 8 heteroatoms. The fraction of sp³-hybridized carbons (Fsp3) is 0.531. The zero-order valence-corrected chi connectivity index (χ0v) is 25.1. The van der Waals surface area contributed by atoms with Crippen molar-refractivity contribution in [2.24, 2.45) is 23.3 Å². The average molecular weight is 554 g/mol. The topological polar surface area (TPSA) is 143 Å². The Balaban J connectivity index is 0.00000150. The predicted molar refractivity (Wildman–Crippen MR) is 165 cm³/mol. The number of rotatable bonds is 11. The lowest BCUT2D eigenvalue weighted by Gasteiger charge is -2.28. The van der Waals surface area contributed by atoms with Gasteiger partial charge in [-0.3, -0.25) is 14.6 Å². The Kier molecular flexibility index (Phi) is 17.0. The van der Waals surface area contributed by atoms with Gasteiger partial charge in [-0.1, -0.05) is 88.8 Å². The molecule has 1 aromatic carbocycles. The molecule has 1 unspecified atom stereocenters. The van der Waals surface area contributed by atoms with Crippen LogP contribution in [0, 0.1) is 18.8 Å². The van der Waals surface area contributed by atoms with Crippen LogP contribution in [0.3, 0.4) is 0 Å². The minimum Gasteiger partial charge on any atom is -0.504 e. The Labute approximate surface area is 241 Å². The highest BCUT2D eigenvalue weighted by atomic mass is 16.3. The minimum atomic E-state index is -0.463. The number of aliphatic hydroxyl groups is 1. The van der Waals surface area contributed by atoms with E-state index in [1.165, 1.54) is 43.2 Å². The van der Waals surface area contributed by atoms with Gasteiger partial charge in [0.25, 0.3) is 5.91 Å². The van der Waals surface area contributed by atoms with Gasteiger partial charge in [0.2, 0.25) is 6.41 Å². The first kappa shape index (κ1) is 34.6. The van der Waals surface area contributed by atoms with Crippen LogP contribution in [-0.4, -0.2) is 42.5 Å². The lowest BCUT2D eigenvalue weighted by molar-refractivity contribution is -0.117. The summed E-state index contributed by atoms with van der Waals surface area (Å²) < 4.78 is 0. The number of primary amides is 1. The van der Waals surface area contributed by atoms with Gasteiger partial charge in [0.1, 0.15) is 11.4 Å². The summed E-state index contributed by atoms with van der Waals surface area (Å²) in [5.74, 6) is 0.449. The van der Waals surface area contributed by atoms with Crippen LogP contribution in [0.1, 0.15) is 87.2 Å². The molecular weight excluding hydrogens is 502 g/mol. The Morgan fingerprint density at radius 1 is 1.12 bits per heavy atom. The van der Waals surface area contributed by atoms with Crippen LogP contribution in [-0.2, 0) is 22.4 Å². The molecule has 7 N–H and O–H groups in total. The molecule has 0 aliphatic heterocycles. The molecule has 1 atom stereocenters. The van der Waals surface area contributed by atoms with Crippen molar-refractivity contribution in [2.75, 3.05) is 20.1 Å². The Morgan fingerprint density at radius 3 is 2.35 bits per heavy atom. The van der Waals surface area contributed by atoms with Crippen LogP contribution in [0.5, 0.6) is 0 Å². The summed E-state index contributed by atoms with van der Waals surface area (Å²) in [7, 11) is 1.87. The molecular formula is C32H51N5O3. The maximum atomic E-state index is 12.5. The van der Waals surface area contributed by atoms with Crippen molar-refractivity contribution < 1.29 is 14.7 Å². The van der Waals surface area contributed by atoms with E-state index in [1.54, 1.807) is 6.20 Å². The second-order valence-corrected chi connectivity index (χ2v) is 10.2. The number of hydrogen-bond acceptors (Lipinski definition) is 6. The summed E-state index contributed by atoms with van der Waals surface area (Å²) >= 11 is 0. The number of aromatic nitrogens is 1. The summed E-state index contributed by atoms with van der Waals surface area (Å²) in [4.78, 5) is 25.7. The van der Waals surface area contributed by atoms with Gasteiger partial charge in [-0.15, -0.1) is 0 Å². The monoisotopic (exact) mass is 553 g/mol. The molecule has 0 radical (unpaired) electrons. The highest BCUT2D eigenvalue weighted by Gasteiger charge is 2.24. The molecule has 40 heavy (non-hydrogen) atoms. The third kappa shape index (κ3) is 11.8. The third-order valence-electron chi connectivity index (χ3n) is 7.16. The van der Waals surface area contributed by atoms with Gasteiger partial charge < -0.3 is 27.2 Å². The molecule has 3 rings (SSSR count). The van der Waals surface area contributed by atoms with Crippen molar-refractivity contribution in [3.63, 3.8) is 0 Å². The average Bonchev–Trinajstić information content (AvgIpc) is 2.98. The molecule has 1 aromatic heterocycles. The number of nitrogens with one attached hydrogen (secondary N) is 2. The molecule has 1 fully saturated rings. The van der Waals surface area contributed by atoms with E-state index in [2.05, 4.69) is 65.5 Å². The summed E-state index contributed by atoms with van der Waals surface area (Å²) in [6.07, 6.45) is 10.8. The molecule has 1 saturated carbocycles. The number of amides is 2. The maximum absolute atomic E-state index is 12.5. The number of carbonyl (C=O) groups is 2. The van der Waals surface area contributed by atoms with Crippen molar-refractivity contribution in [3.05, 3.63) is 70.2 Å². The van der Waals surface area contributed by atoms with Crippen molar-refractivity contribution in [3.8, 4) is 0 Å². The molecule has 0 bridgehead atoms. The zero-order valence-electron chi connectivity index (χ0n) is 25.1. The van der Waals surface area contributed by atoms with Crippen LogP contribution in [0.2, 0.25) is 0 Å². The van der Waals surface area contributed by atoms with Gasteiger partial charge in [0.15, 0.2) is 5.76 Å². The second kappa shape index (κ2) is 19.6. The molecule has 0 spiro atoms. The summed E-state index contributed by atoms with van der Waals surface area (Å²) in [5, 5.41) is 16.8. The highest BCUT2D eigenvalue weighted by Crippen LogP contribution is 2.33. The molecule has 2 aromatic rings. The van der Waals surface area contributed by atoms with Gasteiger partial charge in [-0.2, -0.15) is 0 Å². The van der Waals surface area contributed by atoms with Gasteiger partial charge in [0.05, 0.1) is 0 Å². The molecule has 0 saturated heterocycles. The molecule has 1 aliphatic rings. The summed E-state index contributed by atoms with van der Waals surface area (Å²) in [6, 6.07) is 10.7. The maximum Gasteiger partial charge on any atom is 0.271 e.